The van der Waals surface area contributed by atoms with Crippen molar-refractivity contribution in [2.75, 3.05) is 45.9 Å². The maximum Gasteiger partial charge on any atom is 0.225 e. The average molecular weight is 922 g/mol. The molecule has 0 bridgehead atoms. The van der Waals surface area contributed by atoms with Crippen molar-refractivity contribution >= 4 is 35.0 Å². The Balaban J connectivity index is 0.740. The van der Waals surface area contributed by atoms with Crippen LogP contribution in [0, 0.1) is 28.6 Å². The van der Waals surface area contributed by atoms with Crippen LogP contribution >= 0.6 is 23.4 Å². The number of nitrogens with one attached hydrogen (secondary N) is 6. The van der Waals surface area contributed by atoms with Gasteiger partial charge in [-0.2, -0.15) is 0 Å². The van der Waals surface area contributed by atoms with Gasteiger partial charge in [0.05, 0.1) is 42.9 Å². The number of hydrazine groups is 1. The average Bonchev–Trinajstić information content (AvgIpc) is 4.06. The minimum atomic E-state index is -0.368. The molecule has 7 heterocycles. The number of thioether (sulfide) groups is 1. The van der Waals surface area contributed by atoms with Crippen LogP contribution in [0.15, 0.2) is 47.5 Å². The lowest BCUT2D eigenvalue weighted by atomic mass is 9.49. The summed E-state index contributed by atoms with van der Waals surface area (Å²) in [6.07, 6.45) is 1.73. The molecule has 64 heavy (non-hydrogen) atoms. The van der Waals surface area contributed by atoms with E-state index in [-0.39, 0.29) is 77.4 Å². The first-order valence-electron chi connectivity index (χ1n) is 23.6. The fraction of sp³-hybridized carbons (Fsp3) is 0.702. The molecule has 2 aromatic rings. The quantitative estimate of drug-likeness (QED) is 0.175. The number of aliphatic imine (C=N–C) groups is 1. The lowest BCUT2D eigenvalue weighted by molar-refractivity contribution is -0.177. The molecule has 0 radical (unpaired) electrons. The SMILES string of the molecule is CC1SC2C(C(c3ccc(O[C@H]4CCOC45CN(C4NCC(C(=O)NC6C(C)(C)C(Oc7ccc(CN)c(Cl)c7)C6(C)C)CN4)C5)cc3)=N[C@@H](CC3NCCO3)C3NNC(C)N23)C1C. The molecule has 1 aliphatic carbocycles. The molecular weight excluding hydrogens is 852 g/mol. The highest BCUT2D eigenvalue weighted by molar-refractivity contribution is 8.00. The van der Waals surface area contributed by atoms with Crippen LogP contribution in [0.5, 0.6) is 11.5 Å². The molecule has 17 heteroatoms. The molecule has 0 aromatic heterocycles. The van der Waals surface area contributed by atoms with Crippen molar-refractivity contribution in [3.8, 4) is 11.5 Å². The highest BCUT2D eigenvalue weighted by atomic mass is 35.5. The minimum Gasteiger partial charge on any atom is -0.489 e. The predicted octanol–water partition coefficient (Wildman–Crippen LogP) is 3.41. The summed E-state index contributed by atoms with van der Waals surface area (Å²) in [5.41, 5.74) is 15.2. The molecule has 6 saturated heterocycles. The second-order valence-corrected chi connectivity index (χ2v) is 22.7. The number of rotatable bonds is 11. The first-order valence-corrected chi connectivity index (χ1v) is 24.9. The summed E-state index contributed by atoms with van der Waals surface area (Å²) < 4.78 is 25.8. The molecule has 8 aliphatic rings. The molecule has 350 valence electrons. The Morgan fingerprint density at radius 3 is 2.41 bits per heavy atom. The Hall–Kier alpha value is -2.58. The predicted molar refractivity (Wildman–Crippen MR) is 250 cm³/mol. The standard InChI is InChI=1S/C47H69ClN10O5S/c1-25-26(2)64-41-37(25)38(53-34(19-36-50-15-17-60-36)39-56-55-27(3)58(39)41)28-8-11-31(12-9-28)62-35-14-16-61-47(35)23-57(24-47)44-51-21-30(22-52-44)40(59)54-42-45(4,5)43(46(42,6)7)63-32-13-10-29(20-49)33(48)18-32/h8-13,18,25-27,30,34-37,39,41-44,50-52,55-56H,14-17,19-24,49H2,1-7H3,(H,54,59)/t25?,26?,27?,30?,34-,35-,36?,37?,39?,41?,42?,43?,44?/m0/s1. The fourth-order valence-electron chi connectivity index (χ4n) is 12.5. The van der Waals surface area contributed by atoms with E-state index in [1.54, 1.807) is 0 Å². The van der Waals surface area contributed by atoms with E-state index in [2.05, 4.69) is 126 Å². The van der Waals surface area contributed by atoms with Crippen LogP contribution in [0.2, 0.25) is 5.02 Å². The molecule has 1 spiro atoms. The zero-order valence-corrected chi connectivity index (χ0v) is 39.9. The third-order valence-electron chi connectivity index (χ3n) is 15.9. The van der Waals surface area contributed by atoms with Gasteiger partial charge in [-0.05, 0) is 60.4 Å². The van der Waals surface area contributed by atoms with Gasteiger partial charge in [0.1, 0.15) is 41.8 Å². The first kappa shape index (κ1) is 45.2. The minimum absolute atomic E-state index is 0.00501. The van der Waals surface area contributed by atoms with Crippen LogP contribution in [0.3, 0.4) is 0 Å². The zero-order chi connectivity index (χ0) is 44.7. The van der Waals surface area contributed by atoms with E-state index in [0.29, 0.717) is 59.5 Å². The van der Waals surface area contributed by atoms with Crippen LogP contribution in [0.1, 0.15) is 72.4 Å². The molecule has 10 rings (SSSR count). The number of fused-ring (bicyclic) bond motifs is 3. The number of hydrogen-bond donors (Lipinski definition) is 7. The van der Waals surface area contributed by atoms with E-state index in [9.17, 15) is 4.79 Å². The van der Waals surface area contributed by atoms with Gasteiger partial charge in [-0.1, -0.05) is 59.2 Å². The van der Waals surface area contributed by atoms with E-state index < -0.39 is 0 Å². The van der Waals surface area contributed by atoms with Gasteiger partial charge in [-0.25, -0.2) is 10.9 Å². The molecule has 1 amide bonds. The smallest absolute Gasteiger partial charge is 0.225 e. The van der Waals surface area contributed by atoms with Crippen molar-refractivity contribution in [3.05, 3.63) is 58.6 Å². The third kappa shape index (κ3) is 7.98. The molecule has 15 nitrogen and oxygen atoms in total. The van der Waals surface area contributed by atoms with Gasteiger partial charge < -0.3 is 30.0 Å². The number of likely N-dealkylation sites (tertiary alicyclic amines) is 1. The summed E-state index contributed by atoms with van der Waals surface area (Å²) in [5, 5.41) is 15.6. The number of hydrogen-bond acceptors (Lipinski definition) is 15. The van der Waals surface area contributed by atoms with Crippen LogP contribution in [0.4, 0.5) is 0 Å². The number of halogens is 1. The topological polar surface area (TPSA) is 171 Å². The number of nitrogens with two attached hydrogens (primary N) is 1. The number of benzene rings is 2. The van der Waals surface area contributed by atoms with Crippen molar-refractivity contribution in [1.82, 2.24) is 41.9 Å². The van der Waals surface area contributed by atoms with Crippen molar-refractivity contribution in [2.24, 2.45) is 39.3 Å². The Morgan fingerprint density at radius 2 is 1.72 bits per heavy atom. The first-order chi connectivity index (χ1) is 30.7. The van der Waals surface area contributed by atoms with Gasteiger partial charge in [0.15, 0.2) is 0 Å². The molecular formula is C47H69ClN10O5S. The Bertz CT molecular complexity index is 2040. The lowest BCUT2D eigenvalue weighted by Crippen LogP contribution is -2.77. The van der Waals surface area contributed by atoms with Gasteiger partial charge in [0.2, 0.25) is 5.91 Å². The second-order valence-electron chi connectivity index (χ2n) is 20.8. The number of amides is 1. The summed E-state index contributed by atoms with van der Waals surface area (Å²) in [5.74, 6) is 2.18. The van der Waals surface area contributed by atoms with E-state index in [1.807, 2.05) is 18.2 Å². The van der Waals surface area contributed by atoms with Crippen molar-refractivity contribution < 1.29 is 23.7 Å². The van der Waals surface area contributed by atoms with Crippen LogP contribution in [-0.2, 0) is 20.8 Å². The van der Waals surface area contributed by atoms with Gasteiger partial charge >= 0.3 is 0 Å². The second kappa shape index (κ2) is 17.5. The summed E-state index contributed by atoms with van der Waals surface area (Å²) in [6, 6.07) is 14.3. The summed E-state index contributed by atoms with van der Waals surface area (Å²) in [6.45, 7) is 21.0. The van der Waals surface area contributed by atoms with Gasteiger partial charge in [-0.15, -0.1) is 11.8 Å². The molecule has 2 aromatic carbocycles. The van der Waals surface area contributed by atoms with Gasteiger partial charge in [-0.3, -0.25) is 35.5 Å². The summed E-state index contributed by atoms with van der Waals surface area (Å²) in [4.78, 5) is 24.4. The van der Waals surface area contributed by atoms with E-state index in [1.165, 1.54) is 11.3 Å². The van der Waals surface area contributed by atoms with E-state index >= 15 is 0 Å². The molecule has 7 unspecified atom stereocenters. The highest BCUT2D eigenvalue weighted by Crippen LogP contribution is 2.56. The Kier molecular flexibility index (Phi) is 12.4. The highest BCUT2D eigenvalue weighted by Gasteiger charge is 2.64. The van der Waals surface area contributed by atoms with Crippen molar-refractivity contribution in [3.63, 3.8) is 0 Å². The van der Waals surface area contributed by atoms with Crippen LogP contribution in [0.25, 0.3) is 0 Å². The van der Waals surface area contributed by atoms with Crippen LogP contribution < -0.4 is 47.3 Å². The number of nitrogens with zero attached hydrogens (tertiary/aromatic N) is 3. The Morgan fingerprint density at radius 1 is 0.984 bits per heavy atom. The molecule has 1 saturated carbocycles. The monoisotopic (exact) mass is 920 g/mol. The van der Waals surface area contributed by atoms with Crippen molar-refractivity contribution in [1.29, 1.82) is 0 Å². The van der Waals surface area contributed by atoms with Crippen molar-refractivity contribution in [2.45, 2.75) is 133 Å². The number of carbonyl (C=O) groups excluding carboxylic acids is 1. The lowest BCUT2D eigenvalue weighted by Gasteiger charge is -2.63. The van der Waals surface area contributed by atoms with Gasteiger partial charge in [0.25, 0.3) is 0 Å². The maximum atomic E-state index is 13.7. The zero-order valence-electron chi connectivity index (χ0n) is 38.4. The Labute approximate surface area is 387 Å². The van der Waals surface area contributed by atoms with Gasteiger partial charge in [0, 0.05) is 90.9 Å². The largest absolute Gasteiger partial charge is 0.489 e. The maximum absolute atomic E-state index is 13.7. The summed E-state index contributed by atoms with van der Waals surface area (Å²) in [7, 11) is 0. The number of ether oxygens (including phenoxy) is 4. The number of carbonyl (C=O) groups is 1. The molecule has 8 N–H and O–H groups in total. The molecule has 9 atom stereocenters. The third-order valence-corrected chi connectivity index (χ3v) is 17.9. The molecule has 7 fully saturated rings. The van der Waals surface area contributed by atoms with E-state index in [0.717, 1.165) is 50.4 Å². The normalized spacial score (nSPS) is 38.7. The van der Waals surface area contributed by atoms with Crippen LogP contribution in [-0.4, -0.2) is 133 Å². The fourth-order valence-corrected chi connectivity index (χ4v) is 14.6. The van der Waals surface area contributed by atoms with E-state index in [4.69, 9.17) is 41.3 Å². The molecule has 7 aliphatic heterocycles. The summed E-state index contributed by atoms with van der Waals surface area (Å²) >= 11 is 8.52.